The average Bonchev–Trinajstić information content (AvgIpc) is 2.36. The van der Waals surface area contributed by atoms with Gasteiger partial charge < -0.3 is 5.32 Å². The van der Waals surface area contributed by atoms with Crippen LogP contribution in [0.2, 0.25) is 0 Å². The lowest BCUT2D eigenvalue weighted by atomic mass is 10.2. The lowest BCUT2D eigenvalue weighted by molar-refractivity contribution is -0.117. The van der Waals surface area contributed by atoms with E-state index in [0.717, 1.165) is 17.1 Å². The molecule has 0 bridgehead atoms. The Bertz CT molecular complexity index is 389. The molecule has 92 valence electrons. The highest BCUT2D eigenvalue weighted by molar-refractivity contribution is 7.98. The molecule has 0 fully saturated rings. The summed E-state index contributed by atoms with van der Waals surface area (Å²) in [7, 11) is 0. The fourth-order valence-electron chi connectivity index (χ4n) is 1.08. The summed E-state index contributed by atoms with van der Waals surface area (Å²) in [6.45, 7) is 4.01. The molecule has 17 heavy (non-hydrogen) atoms. The maximum atomic E-state index is 11.5. The summed E-state index contributed by atoms with van der Waals surface area (Å²) in [5.74, 6) is -0.0895. The number of nitrogens with zero attached hydrogens (tertiary/aromatic N) is 2. The van der Waals surface area contributed by atoms with Crippen LogP contribution in [-0.2, 0) is 4.79 Å². The van der Waals surface area contributed by atoms with Crippen molar-refractivity contribution in [2.45, 2.75) is 31.5 Å². The first-order chi connectivity index (χ1) is 8.15. The summed E-state index contributed by atoms with van der Waals surface area (Å²) >= 11 is 1.49. The number of aromatic nitrogens is 2. The van der Waals surface area contributed by atoms with E-state index in [1.54, 1.807) is 18.5 Å². The Hall–Kier alpha value is -1.36. The second-order valence-corrected chi connectivity index (χ2v) is 4.43. The fourth-order valence-corrected chi connectivity index (χ4v) is 1.40. The number of carbonyl (C=O) groups is 1. The van der Waals surface area contributed by atoms with Gasteiger partial charge in [-0.05, 0) is 25.7 Å². The quantitative estimate of drug-likeness (QED) is 0.495. The van der Waals surface area contributed by atoms with Crippen molar-refractivity contribution in [3.8, 4) is 0 Å². The molecule has 1 heterocycles. The van der Waals surface area contributed by atoms with Gasteiger partial charge in [0.1, 0.15) is 0 Å². The number of amides is 1. The van der Waals surface area contributed by atoms with Gasteiger partial charge in [-0.1, -0.05) is 18.7 Å². The number of carbonyl (C=O) groups excluding carboxylic acids is 1. The monoisotopic (exact) mass is 251 g/mol. The lowest BCUT2D eigenvalue weighted by Crippen LogP contribution is -2.30. The van der Waals surface area contributed by atoms with Crippen LogP contribution in [0.25, 0.3) is 6.08 Å². The topological polar surface area (TPSA) is 54.9 Å². The van der Waals surface area contributed by atoms with Crippen LogP contribution in [0, 0.1) is 0 Å². The zero-order valence-corrected chi connectivity index (χ0v) is 11.1. The van der Waals surface area contributed by atoms with E-state index in [-0.39, 0.29) is 11.9 Å². The third-order valence-electron chi connectivity index (χ3n) is 2.26. The minimum absolute atomic E-state index is 0.0895. The van der Waals surface area contributed by atoms with Gasteiger partial charge in [0, 0.05) is 30.1 Å². The van der Waals surface area contributed by atoms with Crippen LogP contribution in [0.4, 0.5) is 0 Å². The van der Waals surface area contributed by atoms with Crippen LogP contribution >= 0.6 is 11.8 Å². The van der Waals surface area contributed by atoms with Gasteiger partial charge in [0.05, 0.1) is 0 Å². The number of thioether (sulfide) groups is 1. The predicted octanol–water partition coefficient (Wildman–Crippen LogP) is 2.13. The SMILES string of the molecule is CC[C@H](C)NC(=O)/C=C/c1cnc(SC)nc1. The molecule has 0 saturated heterocycles. The second kappa shape index (κ2) is 7.06. The van der Waals surface area contributed by atoms with Crippen LogP contribution in [0.1, 0.15) is 25.8 Å². The Morgan fingerprint density at radius 2 is 2.18 bits per heavy atom. The third-order valence-corrected chi connectivity index (χ3v) is 2.83. The first kappa shape index (κ1) is 13.7. The molecule has 1 amide bonds. The van der Waals surface area contributed by atoms with Crippen LogP contribution < -0.4 is 5.32 Å². The molecule has 0 spiro atoms. The average molecular weight is 251 g/mol. The molecule has 5 heteroatoms. The van der Waals surface area contributed by atoms with Gasteiger partial charge in [0.25, 0.3) is 0 Å². The number of rotatable bonds is 5. The fraction of sp³-hybridized carbons (Fsp3) is 0.417. The molecule has 1 N–H and O–H groups in total. The smallest absolute Gasteiger partial charge is 0.244 e. The van der Waals surface area contributed by atoms with Crippen LogP contribution in [-0.4, -0.2) is 28.2 Å². The molecule has 0 aliphatic heterocycles. The van der Waals surface area contributed by atoms with E-state index in [4.69, 9.17) is 0 Å². The first-order valence-electron chi connectivity index (χ1n) is 5.50. The maximum absolute atomic E-state index is 11.5. The van der Waals surface area contributed by atoms with E-state index in [2.05, 4.69) is 15.3 Å². The molecule has 1 rings (SSSR count). The molecule has 0 saturated carbocycles. The van der Waals surface area contributed by atoms with E-state index >= 15 is 0 Å². The summed E-state index contributed by atoms with van der Waals surface area (Å²) in [6, 6.07) is 0.197. The van der Waals surface area contributed by atoms with Crippen molar-refractivity contribution >= 4 is 23.7 Å². The van der Waals surface area contributed by atoms with Crippen molar-refractivity contribution < 1.29 is 4.79 Å². The summed E-state index contributed by atoms with van der Waals surface area (Å²) in [6.07, 6.45) is 9.46. The number of hydrogen-bond donors (Lipinski definition) is 1. The zero-order valence-electron chi connectivity index (χ0n) is 10.3. The van der Waals surface area contributed by atoms with E-state index in [1.165, 1.54) is 17.8 Å². The number of hydrogen-bond acceptors (Lipinski definition) is 4. The van der Waals surface area contributed by atoms with E-state index < -0.39 is 0 Å². The Kier molecular flexibility index (Phi) is 5.69. The van der Waals surface area contributed by atoms with Crippen molar-refractivity contribution in [2.24, 2.45) is 0 Å². The van der Waals surface area contributed by atoms with Crippen molar-refractivity contribution in [3.63, 3.8) is 0 Å². The number of nitrogens with one attached hydrogen (secondary N) is 1. The predicted molar refractivity (Wildman–Crippen MR) is 70.7 cm³/mol. The van der Waals surface area contributed by atoms with Gasteiger partial charge >= 0.3 is 0 Å². The summed E-state index contributed by atoms with van der Waals surface area (Å²) < 4.78 is 0. The molecule has 0 aliphatic carbocycles. The van der Waals surface area contributed by atoms with Crippen molar-refractivity contribution in [1.82, 2.24) is 15.3 Å². The molecule has 1 atom stereocenters. The lowest BCUT2D eigenvalue weighted by Gasteiger charge is -2.08. The van der Waals surface area contributed by atoms with E-state index in [1.807, 2.05) is 20.1 Å². The molecule has 0 aromatic carbocycles. The molecular weight excluding hydrogens is 234 g/mol. The van der Waals surface area contributed by atoms with Crippen molar-refractivity contribution in [3.05, 3.63) is 24.0 Å². The molecular formula is C12H17N3OS. The van der Waals surface area contributed by atoms with Gasteiger partial charge in [0.15, 0.2) is 5.16 Å². The highest BCUT2D eigenvalue weighted by atomic mass is 32.2. The minimum Gasteiger partial charge on any atom is -0.350 e. The molecule has 0 aliphatic rings. The Morgan fingerprint density at radius 1 is 1.53 bits per heavy atom. The Morgan fingerprint density at radius 3 is 2.71 bits per heavy atom. The molecule has 4 nitrogen and oxygen atoms in total. The molecule has 1 aromatic rings. The van der Waals surface area contributed by atoms with Crippen molar-refractivity contribution in [1.29, 1.82) is 0 Å². The van der Waals surface area contributed by atoms with Crippen LogP contribution in [0.3, 0.4) is 0 Å². The highest BCUT2D eigenvalue weighted by Gasteiger charge is 2.01. The molecule has 1 aromatic heterocycles. The molecule has 0 unspecified atom stereocenters. The van der Waals surface area contributed by atoms with Crippen LogP contribution in [0.5, 0.6) is 0 Å². The van der Waals surface area contributed by atoms with E-state index in [9.17, 15) is 4.79 Å². The second-order valence-electron chi connectivity index (χ2n) is 3.65. The summed E-state index contributed by atoms with van der Waals surface area (Å²) in [5.41, 5.74) is 0.821. The van der Waals surface area contributed by atoms with Gasteiger partial charge in [0.2, 0.25) is 5.91 Å². The first-order valence-corrected chi connectivity index (χ1v) is 6.72. The van der Waals surface area contributed by atoms with Gasteiger partial charge in [-0.3, -0.25) is 4.79 Å². The third kappa shape index (κ3) is 4.99. The largest absolute Gasteiger partial charge is 0.350 e. The summed E-state index contributed by atoms with van der Waals surface area (Å²) in [5, 5.41) is 3.58. The Labute approximate surface area is 106 Å². The normalized spacial score (nSPS) is 12.6. The van der Waals surface area contributed by atoms with Gasteiger partial charge in [-0.25, -0.2) is 9.97 Å². The van der Waals surface area contributed by atoms with E-state index in [0.29, 0.717) is 0 Å². The zero-order chi connectivity index (χ0) is 12.7. The minimum atomic E-state index is -0.0895. The Balaban J connectivity index is 2.54. The summed E-state index contributed by atoms with van der Waals surface area (Å²) in [4.78, 5) is 19.7. The molecule has 0 radical (unpaired) electrons. The maximum Gasteiger partial charge on any atom is 0.244 e. The standard InChI is InChI=1S/C12H17N3OS/c1-4-9(2)15-11(16)6-5-10-7-13-12(17-3)14-8-10/h5-9H,4H2,1-3H3,(H,15,16)/b6-5+/t9-/m0/s1. The van der Waals surface area contributed by atoms with Gasteiger partial charge in [-0.2, -0.15) is 0 Å². The van der Waals surface area contributed by atoms with Gasteiger partial charge in [-0.15, -0.1) is 0 Å². The van der Waals surface area contributed by atoms with Crippen molar-refractivity contribution in [2.75, 3.05) is 6.26 Å². The highest BCUT2D eigenvalue weighted by Crippen LogP contribution is 2.07. The van der Waals surface area contributed by atoms with Crippen LogP contribution in [0.15, 0.2) is 23.6 Å².